The Kier molecular flexibility index (Phi) is 1.36. The molecule has 0 atom stereocenters. The second kappa shape index (κ2) is 2.52. The number of hydrogen-bond acceptors (Lipinski definition) is 1. The van der Waals surface area contributed by atoms with E-state index in [-0.39, 0.29) is 0 Å². The third-order valence-corrected chi connectivity index (χ3v) is 2.50. The molecule has 0 spiro atoms. The van der Waals surface area contributed by atoms with Crippen LogP contribution >= 0.6 is 0 Å². The van der Waals surface area contributed by atoms with Crippen molar-refractivity contribution in [3.63, 3.8) is 0 Å². The number of para-hydroxylation sites is 1. The van der Waals surface area contributed by atoms with Crippen LogP contribution in [0.2, 0.25) is 0 Å². The molecule has 0 saturated heterocycles. The van der Waals surface area contributed by atoms with Crippen molar-refractivity contribution < 1.29 is 0 Å². The number of nitrogens with zero attached hydrogens (tertiary/aromatic N) is 1. The molecular weight excluding hydrogens is 160 g/mol. The number of benzene rings is 1. The van der Waals surface area contributed by atoms with Crippen molar-refractivity contribution in [2.75, 3.05) is 5.43 Å². The molecule has 1 heterocycles. The first-order valence-corrected chi connectivity index (χ1v) is 4.76. The molecule has 1 aliphatic rings. The first kappa shape index (κ1) is 7.01. The van der Waals surface area contributed by atoms with Gasteiger partial charge in [-0.1, -0.05) is 18.2 Å². The van der Waals surface area contributed by atoms with E-state index >= 15 is 0 Å². The van der Waals surface area contributed by atoms with Crippen LogP contribution in [-0.4, -0.2) is 10.7 Å². The molecule has 0 amide bonds. The van der Waals surface area contributed by atoms with E-state index in [2.05, 4.69) is 46.6 Å². The van der Waals surface area contributed by atoms with Crippen molar-refractivity contribution in [2.24, 2.45) is 0 Å². The van der Waals surface area contributed by atoms with Crippen LogP contribution in [0.15, 0.2) is 36.5 Å². The van der Waals surface area contributed by atoms with Crippen LogP contribution in [0.25, 0.3) is 10.9 Å². The topological polar surface area (TPSA) is 17.0 Å². The SMILES string of the molecule is c1ccc2c(c1)ccn2NC1CC1. The second-order valence-corrected chi connectivity index (χ2v) is 3.65. The Morgan fingerprint density at radius 2 is 2.00 bits per heavy atom. The van der Waals surface area contributed by atoms with Gasteiger partial charge in [0.2, 0.25) is 0 Å². The predicted molar refractivity (Wildman–Crippen MR) is 54.3 cm³/mol. The van der Waals surface area contributed by atoms with Crippen LogP contribution < -0.4 is 5.43 Å². The maximum absolute atomic E-state index is 3.46. The molecule has 2 nitrogen and oxygen atoms in total. The van der Waals surface area contributed by atoms with Crippen molar-refractivity contribution in [1.29, 1.82) is 0 Å². The van der Waals surface area contributed by atoms with E-state index in [1.807, 2.05) is 0 Å². The highest BCUT2D eigenvalue weighted by molar-refractivity contribution is 5.80. The summed E-state index contributed by atoms with van der Waals surface area (Å²) in [5, 5.41) is 1.30. The third kappa shape index (κ3) is 1.18. The fourth-order valence-electron chi connectivity index (χ4n) is 1.60. The van der Waals surface area contributed by atoms with Gasteiger partial charge in [-0.3, -0.25) is 4.68 Å². The van der Waals surface area contributed by atoms with Crippen molar-refractivity contribution in [3.8, 4) is 0 Å². The second-order valence-electron chi connectivity index (χ2n) is 3.65. The van der Waals surface area contributed by atoms with Gasteiger partial charge in [-0.05, 0) is 25.0 Å². The Balaban J connectivity index is 2.06. The smallest absolute Gasteiger partial charge is 0.0692 e. The first-order chi connectivity index (χ1) is 6.43. The Labute approximate surface area is 77.1 Å². The minimum Gasteiger partial charge on any atom is -0.323 e. The molecule has 1 aliphatic carbocycles. The molecule has 0 aliphatic heterocycles. The molecule has 1 aromatic heterocycles. The lowest BCUT2D eigenvalue weighted by atomic mass is 10.3. The quantitative estimate of drug-likeness (QED) is 0.735. The Bertz CT molecular complexity index is 426. The summed E-state index contributed by atoms with van der Waals surface area (Å²) in [5.74, 6) is 0. The van der Waals surface area contributed by atoms with E-state index in [1.54, 1.807) is 0 Å². The maximum Gasteiger partial charge on any atom is 0.0692 e. The van der Waals surface area contributed by atoms with Gasteiger partial charge in [0, 0.05) is 17.6 Å². The Morgan fingerprint density at radius 1 is 1.15 bits per heavy atom. The molecule has 0 radical (unpaired) electrons. The zero-order valence-corrected chi connectivity index (χ0v) is 7.40. The summed E-state index contributed by atoms with van der Waals surface area (Å²) in [5.41, 5.74) is 4.73. The van der Waals surface area contributed by atoms with E-state index < -0.39 is 0 Å². The maximum atomic E-state index is 3.46. The van der Waals surface area contributed by atoms with Gasteiger partial charge < -0.3 is 5.43 Å². The lowest BCUT2D eigenvalue weighted by Crippen LogP contribution is -2.14. The van der Waals surface area contributed by atoms with Crippen molar-refractivity contribution >= 4 is 10.9 Å². The Hall–Kier alpha value is -1.44. The van der Waals surface area contributed by atoms with Crippen molar-refractivity contribution in [3.05, 3.63) is 36.5 Å². The van der Waals surface area contributed by atoms with Crippen LogP contribution in [0.4, 0.5) is 0 Å². The number of rotatable bonds is 2. The van der Waals surface area contributed by atoms with Crippen molar-refractivity contribution in [2.45, 2.75) is 18.9 Å². The number of hydrogen-bond donors (Lipinski definition) is 1. The molecule has 13 heavy (non-hydrogen) atoms. The van der Waals surface area contributed by atoms with Crippen LogP contribution in [0, 0.1) is 0 Å². The summed E-state index contributed by atoms with van der Waals surface area (Å²) in [6.45, 7) is 0. The van der Waals surface area contributed by atoms with Crippen LogP contribution in [0.1, 0.15) is 12.8 Å². The molecule has 3 rings (SSSR count). The van der Waals surface area contributed by atoms with E-state index in [4.69, 9.17) is 0 Å². The van der Waals surface area contributed by atoms with Gasteiger partial charge in [0.25, 0.3) is 0 Å². The minimum atomic E-state index is 0.704. The normalized spacial score (nSPS) is 16.3. The molecule has 1 fully saturated rings. The van der Waals surface area contributed by atoms with Gasteiger partial charge in [0.1, 0.15) is 0 Å². The molecule has 1 aromatic carbocycles. The number of aromatic nitrogens is 1. The van der Waals surface area contributed by atoms with E-state index in [0.29, 0.717) is 6.04 Å². The number of fused-ring (bicyclic) bond motifs is 1. The summed E-state index contributed by atoms with van der Waals surface area (Å²) >= 11 is 0. The van der Waals surface area contributed by atoms with Gasteiger partial charge in [-0.15, -0.1) is 0 Å². The monoisotopic (exact) mass is 172 g/mol. The molecular formula is C11H12N2. The van der Waals surface area contributed by atoms with Gasteiger partial charge in [0.15, 0.2) is 0 Å². The average molecular weight is 172 g/mol. The van der Waals surface area contributed by atoms with Gasteiger partial charge >= 0.3 is 0 Å². The average Bonchev–Trinajstić information content (AvgIpc) is 2.88. The highest BCUT2D eigenvalue weighted by Crippen LogP contribution is 2.22. The number of nitrogens with one attached hydrogen (secondary N) is 1. The molecule has 1 N–H and O–H groups in total. The lowest BCUT2D eigenvalue weighted by molar-refractivity contribution is 0.870. The zero-order valence-electron chi connectivity index (χ0n) is 7.40. The highest BCUT2D eigenvalue weighted by atomic mass is 15.4. The standard InChI is InChI=1S/C11H12N2/c1-2-4-11-9(3-1)7-8-13(11)12-10-5-6-10/h1-4,7-8,10,12H,5-6H2. The fraction of sp³-hybridized carbons (Fsp3) is 0.273. The summed E-state index contributed by atoms with van der Waals surface area (Å²) in [6, 6.07) is 11.3. The summed E-state index contributed by atoms with van der Waals surface area (Å²) in [6.07, 6.45) is 4.72. The first-order valence-electron chi connectivity index (χ1n) is 4.76. The lowest BCUT2D eigenvalue weighted by Gasteiger charge is -2.06. The molecule has 2 aromatic rings. The molecule has 66 valence electrons. The molecule has 0 unspecified atom stereocenters. The fourth-order valence-corrected chi connectivity index (χ4v) is 1.60. The molecule has 0 bridgehead atoms. The summed E-state index contributed by atoms with van der Waals surface area (Å²) < 4.78 is 2.13. The Morgan fingerprint density at radius 3 is 2.85 bits per heavy atom. The highest BCUT2D eigenvalue weighted by Gasteiger charge is 2.21. The summed E-state index contributed by atoms with van der Waals surface area (Å²) in [7, 11) is 0. The molecule has 2 heteroatoms. The molecule has 1 saturated carbocycles. The predicted octanol–water partition coefficient (Wildman–Crippen LogP) is 2.35. The van der Waals surface area contributed by atoms with E-state index in [0.717, 1.165) is 0 Å². The van der Waals surface area contributed by atoms with E-state index in [1.165, 1.54) is 23.7 Å². The third-order valence-electron chi connectivity index (χ3n) is 2.50. The summed E-state index contributed by atoms with van der Waals surface area (Å²) in [4.78, 5) is 0. The van der Waals surface area contributed by atoms with Gasteiger partial charge in [-0.25, -0.2) is 0 Å². The van der Waals surface area contributed by atoms with Gasteiger partial charge in [-0.2, -0.15) is 0 Å². The van der Waals surface area contributed by atoms with Crippen molar-refractivity contribution in [1.82, 2.24) is 4.68 Å². The van der Waals surface area contributed by atoms with Crippen LogP contribution in [0.5, 0.6) is 0 Å². The largest absolute Gasteiger partial charge is 0.323 e. The van der Waals surface area contributed by atoms with E-state index in [9.17, 15) is 0 Å². The minimum absolute atomic E-state index is 0.704. The van der Waals surface area contributed by atoms with Crippen LogP contribution in [-0.2, 0) is 0 Å². The van der Waals surface area contributed by atoms with Crippen LogP contribution in [0.3, 0.4) is 0 Å². The zero-order chi connectivity index (χ0) is 8.67. The van der Waals surface area contributed by atoms with Gasteiger partial charge in [0.05, 0.1) is 5.52 Å².